The zero-order chi connectivity index (χ0) is 14.7. The largest absolute Gasteiger partial charge is 0.496 e. The predicted molar refractivity (Wildman–Crippen MR) is 73.7 cm³/mol. The first-order chi connectivity index (χ1) is 9.52. The molecule has 5 heteroatoms. The number of nitrogens with zero attached hydrogens (tertiary/aromatic N) is 1. The Hall–Kier alpha value is -1.46. The minimum absolute atomic E-state index is 0.230. The molecule has 0 saturated carbocycles. The predicted octanol–water partition coefficient (Wildman–Crippen LogP) is 2.13. The van der Waals surface area contributed by atoms with E-state index in [1.54, 1.807) is 0 Å². The molecule has 0 spiro atoms. The van der Waals surface area contributed by atoms with E-state index in [9.17, 15) is 9.18 Å². The van der Waals surface area contributed by atoms with E-state index < -0.39 is 11.9 Å². The Bertz CT molecular complexity index is 490. The summed E-state index contributed by atoms with van der Waals surface area (Å²) < 4.78 is 24.0. The van der Waals surface area contributed by atoms with Crippen LogP contribution in [0.25, 0.3) is 0 Å². The van der Waals surface area contributed by atoms with Gasteiger partial charge in [0.2, 0.25) is 0 Å². The van der Waals surface area contributed by atoms with Crippen LogP contribution in [0.5, 0.6) is 5.75 Å². The summed E-state index contributed by atoms with van der Waals surface area (Å²) in [4.78, 5) is 14.7. The minimum atomic E-state index is -0.568. The lowest BCUT2D eigenvalue weighted by Gasteiger charge is -2.34. The summed E-state index contributed by atoms with van der Waals surface area (Å²) in [6.07, 6.45) is -0.568. The third-order valence-electron chi connectivity index (χ3n) is 3.55. The second-order valence-corrected chi connectivity index (χ2v) is 5.16. The molecule has 0 aliphatic carbocycles. The van der Waals surface area contributed by atoms with Crippen LogP contribution in [0, 0.1) is 5.82 Å². The number of hydrogen-bond donors (Lipinski definition) is 0. The Morgan fingerprint density at radius 2 is 2.25 bits per heavy atom. The van der Waals surface area contributed by atoms with E-state index in [0.717, 1.165) is 6.54 Å². The zero-order valence-electron chi connectivity index (χ0n) is 12.1. The first-order valence-electron chi connectivity index (χ1n) is 6.76. The number of rotatable bonds is 4. The van der Waals surface area contributed by atoms with E-state index in [1.165, 1.54) is 25.3 Å². The van der Waals surface area contributed by atoms with E-state index in [-0.39, 0.29) is 11.3 Å². The summed E-state index contributed by atoms with van der Waals surface area (Å²) >= 11 is 0. The molecule has 2 rings (SSSR count). The molecule has 110 valence electrons. The van der Waals surface area contributed by atoms with Crippen molar-refractivity contribution in [2.75, 3.05) is 26.8 Å². The topological polar surface area (TPSA) is 38.8 Å². The fraction of sp³-hybridized carbons (Fsp3) is 0.533. The van der Waals surface area contributed by atoms with Gasteiger partial charge in [-0.15, -0.1) is 0 Å². The van der Waals surface area contributed by atoms with Crippen molar-refractivity contribution in [1.29, 1.82) is 0 Å². The van der Waals surface area contributed by atoms with E-state index >= 15 is 0 Å². The summed E-state index contributed by atoms with van der Waals surface area (Å²) in [6.45, 7) is 6.00. The minimum Gasteiger partial charge on any atom is -0.496 e. The molecule has 1 atom stereocenters. The number of carbonyl (C=O) groups excluding carboxylic acids is 1. The second-order valence-electron chi connectivity index (χ2n) is 5.16. The van der Waals surface area contributed by atoms with Crippen LogP contribution < -0.4 is 4.74 Å². The smallest absolute Gasteiger partial charge is 0.196 e. The van der Waals surface area contributed by atoms with E-state index in [0.29, 0.717) is 24.9 Å². The lowest BCUT2D eigenvalue weighted by atomic mass is 10.0. The maximum Gasteiger partial charge on any atom is 0.196 e. The monoisotopic (exact) mass is 281 g/mol. The molecule has 1 aliphatic rings. The van der Waals surface area contributed by atoms with E-state index in [1.807, 2.05) is 0 Å². The third kappa shape index (κ3) is 3.16. The molecule has 1 aromatic rings. The molecule has 0 aromatic heterocycles. The van der Waals surface area contributed by atoms with Crippen molar-refractivity contribution in [3.8, 4) is 5.75 Å². The normalized spacial score (nSPS) is 20.1. The highest BCUT2D eigenvalue weighted by Crippen LogP contribution is 2.23. The van der Waals surface area contributed by atoms with Crippen LogP contribution in [-0.2, 0) is 4.74 Å². The van der Waals surface area contributed by atoms with Gasteiger partial charge >= 0.3 is 0 Å². The van der Waals surface area contributed by atoms with E-state index in [2.05, 4.69) is 18.7 Å². The molecule has 1 fully saturated rings. The number of ketones is 1. The lowest BCUT2D eigenvalue weighted by molar-refractivity contribution is -0.0257. The Labute approximate surface area is 118 Å². The number of carbonyl (C=O) groups is 1. The van der Waals surface area contributed by atoms with Gasteiger partial charge in [0.25, 0.3) is 0 Å². The number of halogens is 1. The molecule has 1 heterocycles. The Balaban J connectivity index is 2.20. The standard InChI is InChI=1S/C15H20FNO3/c1-10(2)17-6-7-20-14(9-17)15(18)12-8-11(16)4-5-13(12)19-3/h4-5,8,10,14H,6-7,9H2,1-3H3. The fourth-order valence-electron chi connectivity index (χ4n) is 2.34. The van der Waals surface area contributed by atoms with Crippen molar-refractivity contribution in [2.24, 2.45) is 0 Å². The van der Waals surface area contributed by atoms with Crippen LogP contribution in [0.3, 0.4) is 0 Å². The Morgan fingerprint density at radius 1 is 1.50 bits per heavy atom. The van der Waals surface area contributed by atoms with Gasteiger partial charge in [0.05, 0.1) is 19.3 Å². The Morgan fingerprint density at radius 3 is 2.90 bits per heavy atom. The van der Waals surface area contributed by atoms with Crippen LogP contribution in [-0.4, -0.2) is 49.6 Å². The number of hydrogen-bond acceptors (Lipinski definition) is 4. The molecular formula is C15H20FNO3. The molecule has 0 amide bonds. The van der Waals surface area contributed by atoms with Crippen molar-refractivity contribution < 1.29 is 18.7 Å². The zero-order valence-corrected chi connectivity index (χ0v) is 12.1. The summed E-state index contributed by atoms with van der Waals surface area (Å²) in [6, 6.07) is 4.30. The maximum absolute atomic E-state index is 13.4. The van der Waals surface area contributed by atoms with Crippen LogP contribution in [0.15, 0.2) is 18.2 Å². The summed E-state index contributed by atoms with van der Waals surface area (Å²) in [5.41, 5.74) is 0.239. The molecule has 4 nitrogen and oxygen atoms in total. The molecule has 1 saturated heterocycles. The molecule has 1 aliphatic heterocycles. The summed E-state index contributed by atoms with van der Waals surface area (Å²) in [5, 5.41) is 0. The number of Topliss-reactive ketones (excluding diaryl/α,β-unsaturated/α-hetero) is 1. The first kappa shape index (κ1) is 14.9. The van der Waals surface area contributed by atoms with Crippen LogP contribution >= 0.6 is 0 Å². The van der Waals surface area contributed by atoms with Gasteiger partial charge in [-0.2, -0.15) is 0 Å². The van der Waals surface area contributed by atoms with Crippen molar-refractivity contribution in [2.45, 2.75) is 26.0 Å². The third-order valence-corrected chi connectivity index (χ3v) is 3.55. The summed E-state index contributed by atoms with van der Waals surface area (Å²) in [7, 11) is 1.46. The highest BCUT2D eigenvalue weighted by atomic mass is 19.1. The van der Waals surface area contributed by atoms with E-state index in [4.69, 9.17) is 9.47 Å². The molecule has 0 bridgehead atoms. The molecule has 0 radical (unpaired) electrons. The average molecular weight is 281 g/mol. The van der Waals surface area contributed by atoms with Crippen molar-refractivity contribution in [1.82, 2.24) is 4.90 Å². The highest BCUT2D eigenvalue weighted by Gasteiger charge is 2.30. The number of benzene rings is 1. The lowest BCUT2D eigenvalue weighted by Crippen LogP contribution is -2.48. The van der Waals surface area contributed by atoms with Gasteiger partial charge in [0, 0.05) is 19.1 Å². The van der Waals surface area contributed by atoms with Gasteiger partial charge in [-0.25, -0.2) is 4.39 Å². The first-order valence-corrected chi connectivity index (χ1v) is 6.76. The van der Waals surface area contributed by atoms with Gasteiger partial charge in [0.15, 0.2) is 5.78 Å². The molecule has 0 N–H and O–H groups in total. The molecule has 1 unspecified atom stereocenters. The quantitative estimate of drug-likeness (QED) is 0.793. The SMILES string of the molecule is COc1ccc(F)cc1C(=O)C1CN(C(C)C)CCO1. The van der Waals surface area contributed by atoms with Crippen LogP contribution in [0.4, 0.5) is 4.39 Å². The highest BCUT2D eigenvalue weighted by molar-refractivity contribution is 6.02. The fourth-order valence-corrected chi connectivity index (χ4v) is 2.34. The van der Waals surface area contributed by atoms with Crippen LogP contribution in [0.2, 0.25) is 0 Å². The second kappa shape index (κ2) is 6.33. The van der Waals surface area contributed by atoms with Gasteiger partial charge in [-0.3, -0.25) is 9.69 Å². The summed E-state index contributed by atoms with van der Waals surface area (Å²) in [5.74, 6) is -0.306. The number of morpholine rings is 1. The van der Waals surface area contributed by atoms with Crippen LogP contribution in [0.1, 0.15) is 24.2 Å². The van der Waals surface area contributed by atoms with Crippen molar-refractivity contribution >= 4 is 5.78 Å². The average Bonchev–Trinajstić information content (AvgIpc) is 2.46. The van der Waals surface area contributed by atoms with Crippen molar-refractivity contribution in [3.63, 3.8) is 0 Å². The molecule has 20 heavy (non-hydrogen) atoms. The Kier molecular flexibility index (Phi) is 4.73. The number of methoxy groups -OCH3 is 1. The van der Waals surface area contributed by atoms with Gasteiger partial charge in [-0.1, -0.05) is 0 Å². The van der Waals surface area contributed by atoms with Crippen molar-refractivity contribution in [3.05, 3.63) is 29.6 Å². The molecular weight excluding hydrogens is 261 g/mol. The maximum atomic E-state index is 13.4. The number of ether oxygens (including phenoxy) is 2. The van der Waals surface area contributed by atoms with Gasteiger partial charge in [-0.05, 0) is 32.0 Å². The molecule has 1 aromatic carbocycles. The van der Waals surface area contributed by atoms with Gasteiger partial charge < -0.3 is 9.47 Å². The van der Waals surface area contributed by atoms with Gasteiger partial charge in [0.1, 0.15) is 17.7 Å².